The van der Waals surface area contributed by atoms with Crippen molar-refractivity contribution in [2.75, 3.05) is 25.0 Å². The molecule has 0 aliphatic rings. The molecule has 2 aromatic carbocycles. The van der Waals surface area contributed by atoms with Crippen molar-refractivity contribution in [3.8, 4) is 11.1 Å². The molecule has 0 spiro atoms. The molecule has 0 saturated carbocycles. The maximum atomic E-state index is 15.0. The van der Waals surface area contributed by atoms with Crippen LogP contribution in [0.25, 0.3) is 11.1 Å². The molecule has 3 aromatic rings. The molecular weight excluding hydrogens is 829 g/mol. The number of halogens is 6. The number of aromatic nitrogens is 1. The van der Waals surface area contributed by atoms with Gasteiger partial charge in [0.05, 0.1) is 17.4 Å². The van der Waals surface area contributed by atoms with Crippen molar-refractivity contribution in [2.24, 2.45) is 16.9 Å². The van der Waals surface area contributed by atoms with Crippen LogP contribution in [-0.2, 0) is 30.5 Å². The van der Waals surface area contributed by atoms with E-state index in [-0.39, 0.29) is 49.2 Å². The fraction of sp³-hybridized carbons (Fsp3) is 0.447. The molecule has 1 heterocycles. The lowest BCUT2D eigenvalue weighted by Crippen LogP contribution is -2.60. The van der Waals surface area contributed by atoms with Crippen molar-refractivity contribution in [3.63, 3.8) is 0 Å². The fourth-order valence-electron chi connectivity index (χ4n) is 5.98. The highest BCUT2D eigenvalue weighted by molar-refractivity contribution is 9.09. The molecular formula is C38H47BrF5N5O8. The Hall–Kier alpha value is -4.72. The molecule has 0 aliphatic carbocycles. The minimum atomic E-state index is -5.08. The first-order valence-corrected chi connectivity index (χ1v) is 18.6. The molecule has 1 aromatic heterocycles. The Morgan fingerprint density at radius 1 is 0.947 bits per heavy atom. The molecule has 0 bridgehead atoms. The third-order valence-corrected chi connectivity index (χ3v) is 9.27. The lowest BCUT2D eigenvalue weighted by Gasteiger charge is -2.41. The lowest BCUT2D eigenvalue weighted by molar-refractivity contribution is -0.192. The van der Waals surface area contributed by atoms with Crippen LogP contribution in [0.4, 0.5) is 22.0 Å². The summed E-state index contributed by atoms with van der Waals surface area (Å²) >= 11 is 3.04. The number of carbonyl (C=O) groups is 5. The van der Waals surface area contributed by atoms with Crippen molar-refractivity contribution in [2.45, 2.75) is 76.8 Å². The van der Waals surface area contributed by atoms with E-state index in [1.54, 1.807) is 12.3 Å². The summed E-state index contributed by atoms with van der Waals surface area (Å²) in [6, 6.07) is 12.1. The fourth-order valence-corrected chi connectivity index (χ4v) is 6.18. The van der Waals surface area contributed by atoms with Gasteiger partial charge in [0.25, 0.3) is 0 Å². The number of ketones is 1. The van der Waals surface area contributed by atoms with Gasteiger partial charge in [0.2, 0.25) is 11.8 Å². The number of carboxylic acid groups (broad SMARTS) is 2. The number of rotatable bonds is 18. The lowest BCUT2D eigenvalue weighted by atomic mass is 9.82. The average molecular weight is 877 g/mol. The van der Waals surface area contributed by atoms with Crippen LogP contribution in [0.3, 0.4) is 0 Å². The Kier molecular flexibility index (Phi) is 18.0. The summed E-state index contributed by atoms with van der Waals surface area (Å²) in [4.78, 5) is 60.9. The molecule has 57 heavy (non-hydrogen) atoms. The van der Waals surface area contributed by atoms with Crippen LogP contribution >= 0.6 is 15.9 Å². The van der Waals surface area contributed by atoms with Gasteiger partial charge < -0.3 is 41.6 Å². The molecule has 2 amide bonds. The van der Waals surface area contributed by atoms with Crippen molar-refractivity contribution in [1.29, 1.82) is 0 Å². The van der Waals surface area contributed by atoms with Gasteiger partial charge in [-0.3, -0.25) is 14.4 Å². The second kappa shape index (κ2) is 21.2. The highest BCUT2D eigenvalue weighted by Crippen LogP contribution is 2.41. The number of hydrogen-bond donors (Lipinski definition) is 6. The van der Waals surface area contributed by atoms with Crippen LogP contribution in [0.15, 0.2) is 60.8 Å². The number of aliphatic carboxylic acids is 2. The van der Waals surface area contributed by atoms with E-state index in [2.05, 4.69) is 21.2 Å². The zero-order valence-corrected chi connectivity index (χ0v) is 33.1. The third kappa shape index (κ3) is 14.0. The van der Waals surface area contributed by atoms with Gasteiger partial charge in [0, 0.05) is 42.7 Å². The van der Waals surface area contributed by atoms with Crippen molar-refractivity contribution >= 4 is 45.5 Å². The van der Waals surface area contributed by atoms with Gasteiger partial charge in [-0.15, -0.1) is 0 Å². The maximum Gasteiger partial charge on any atom is 0.490 e. The second-order valence-electron chi connectivity index (χ2n) is 14.2. The summed E-state index contributed by atoms with van der Waals surface area (Å²) in [5, 5.41) is 29.9. The number of aliphatic hydroxyl groups excluding tert-OH is 1. The van der Waals surface area contributed by atoms with Gasteiger partial charge in [0.15, 0.2) is 11.3 Å². The molecule has 13 nitrogen and oxygen atoms in total. The van der Waals surface area contributed by atoms with Crippen molar-refractivity contribution in [1.82, 2.24) is 14.8 Å². The Morgan fingerprint density at radius 3 is 2.09 bits per heavy atom. The first-order chi connectivity index (χ1) is 26.5. The van der Waals surface area contributed by atoms with Crippen LogP contribution in [-0.4, -0.2) is 97.1 Å². The molecule has 19 heteroatoms. The highest BCUT2D eigenvalue weighted by atomic mass is 79.9. The van der Waals surface area contributed by atoms with Crippen LogP contribution in [0, 0.1) is 17.0 Å². The number of carboxylic acids is 2. The summed E-state index contributed by atoms with van der Waals surface area (Å²) in [7, 11) is 0. The number of nitrogens with zero attached hydrogens (tertiary/aromatic N) is 2. The monoisotopic (exact) mass is 875 g/mol. The number of carbonyl (C=O) groups excluding carboxylic acids is 3. The van der Waals surface area contributed by atoms with Gasteiger partial charge in [-0.25, -0.2) is 18.4 Å². The minimum Gasteiger partial charge on any atom is -0.480 e. The number of unbranched alkanes of at least 4 members (excludes halogenated alkanes) is 1. The van der Waals surface area contributed by atoms with E-state index in [1.165, 1.54) is 4.90 Å². The summed E-state index contributed by atoms with van der Waals surface area (Å²) in [6.45, 7) is 5.17. The van der Waals surface area contributed by atoms with Gasteiger partial charge >= 0.3 is 18.1 Å². The third-order valence-electron chi connectivity index (χ3n) is 8.76. The Labute approximate surface area is 334 Å². The van der Waals surface area contributed by atoms with Gasteiger partial charge in [-0.05, 0) is 60.9 Å². The van der Waals surface area contributed by atoms with Crippen LogP contribution < -0.4 is 16.8 Å². The standard InChI is InChI=1S/C36H46BrF2N5O6.C2HF3O2/c1-35(2,3)32(29-17-24(26-18-25(38)11-12-27(26)39)21-43(29)20-23-9-5-4-6-10-23)44(31(47)22-45)16-13-28(40)33(48)36(41,34(49)50)14-7-8-15-42-30(46)19-37;3-2(4,5)1(6)7/h4-6,9-12,17-18,21,28,32,45H,7-8,13-16,19-20,22,40-41H2,1-3H3,(H,42,46)(H,49,50);(H,6,7)/t28-,32-,36-;/m0./s1. The van der Waals surface area contributed by atoms with Crippen LogP contribution in [0.5, 0.6) is 0 Å². The smallest absolute Gasteiger partial charge is 0.480 e. The largest absolute Gasteiger partial charge is 0.490 e. The molecule has 0 saturated heterocycles. The number of aliphatic hydroxyl groups is 1. The first-order valence-electron chi connectivity index (χ1n) is 17.5. The molecule has 0 aliphatic heterocycles. The van der Waals surface area contributed by atoms with E-state index in [9.17, 15) is 47.0 Å². The SMILES string of the molecule is CC(C)(C)[C@H](c1cc(-c2cc(F)ccc2F)cn1Cc1ccccc1)N(CC[C@H](N)C(=O)[C@@](N)(CCCCNC(=O)CBr)C(=O)O)C(=O)CO.O=C(O)C(F)(F)F. The number of hydrogen-bond acceptors (Lipinski definition) is 8. The summed E-state index contributed by atoms with van der Waals surface area (Å²) in [5.41, 5.74) is 11.2. The molecule has 0 fully saturated rings. The maximum absolute atomic E-state index is 15.0. The van der Waals surface area contributed by atoms with E-state index in [1.807, 2.05) is 55.7 Å². The Morgan fingerprint density at radius 2 is 1.56 bits per heavy atom. The molecule has 314 valence electrons. The zero-order chi connectivity index (χ0) is 43.3. The van der Waals surface area contributed by atoms with E-state index in [0.717, 1.165) is 23.8 Å². The van der Waals surface area contributed by atoms with Crippen molar-refractivity contribution < 1.29 is 61.2 Å². The summed E-state index contributed by atoms with van der Waals surface area (Å²) in [5.74, 6) is -7.40. The van der Waals surface area contributed by atoms with Crippen LogP contribution in [0.2, 0.25) is 0 Å². The number of Topliss-reactive ketones (excluding diaryl/α,β-unsaturated/α-hetero) is 1. The molecule has 3 atom stereocenters. The molecule has 8 N–H and O–H groups in total. The number of nitrogens with two attached hydrogens (primary N) is 2. The van der Waals surface area contributed by atoms with E-state index < -0.39 is 71.1 Å². The Bertz CT molecular complexity index is 1850. The Balaban J connectivity index is 0.00000146. The van der Waals surface area contributed by atoms with Gasteiger partial charge in [-0.2, -0.15) is 13.2 Å². The van der Waals surface area contributed by atoms with Gasteiger partial charge in [0.1, 0.15) is 18.2 Å². The van der Waals surface area contributed by atoms with E-state index in [4.69, 9.17) is 21.4 Å². The normalized spacial score (nSPS) is 13.7. The number of benzene rings is 2. The molecule has 3 rings (SSSR count). The second-order valence-corrected chi connectivity index (χ2v) is 14.7. The van der Waals surface area contributed by atoms with Gasteiger partial charge in [-0.1, -0.05) is 67.0 Å². The molecule has 0 unspecified atom stereocenters. The quantitative estimate of drug-likeness (QED) is 0.0445. The minimum absolute atomic E-state index is 0.0248. The highest BCUT2D eigenvalue weighted by Gasteiger charge is 2.45. The first kappa shape index (κ1) is 48.4. The van der Waals surface area contributed by atoms with Crippen molar-refractivity contribution in [3.05, 3.63) is 83.7 Å². The number of nitrogens with one attached hydrogen (secondary N) is 1. The van der Waals surface area contributed by atoms with Crippen LogP contribution in [0.1, 0.15) is 63.8 Å². The average Bonchev–Trinajstić information content (AvgIpc) is 3.54. The summed E-state index contributed by atoms with van der Waals surface area (Å²) in [6.07, 6.45) is -3.22. The number of alkyl halides is 4. The summed E-state index contributed by atoms with van der Waals surface area (Å²) < 4.78 is 62.9. The predicted molar refractivity (Wildman–Crippen MR) is 203 cm³/mol. The van der Waals surface area contributed by atoms with E-state index in [0.29, 0.717) is 24.2 Å². The predicted octanol–water partition coefficient (Wildman–Crippen LogP) is 4.77. The topological polar surface area (TPSA) is 218 Å². The molecule has 0 radical (unpaired) electrons. The van der Waals surface area contributed by atoms with E-state index >= 15 is 4.39 Å². The number of amides is 2. The zero-order valence-electron chi connectivity index (χ0n) is 31.5.